The van der Waals surface area contributed by atoms with E-state index in [-0.39, 0.29) is 24.9 Å². The highest BCUT2D eigenvalue weighted by molar-refractivity contribution is 6.09. The van der Waals surface area contributed by atoms with Crippen molar-refractivity contribution in [1.82, 2.24) is 20.4 Å². The maximum atomic E-state index is 12.9. The number of urea groups is 1. The molecule has 8 nitrogen and oxygen atoms in total. The van der Waals surface area contributed by atoms with Crippen molar-refractivity contribution >= 4 is 30.3 Å². The van der Waals surface area contributed by atoms with Gasteiger partial charge in [0.2, 0.25) is 5.91 Å². The molecule has 1 unspecified atom stereocenters. The van der Waals surface area contributed by atoms with Gasteiger partial charge in [-0.05, 0) is 37.6 Å². The Kier molecular flexibility index (Phi) is 6.67. The third-order valence-electron chi connectivity index (χ3n) is 4.93. The number of amides is 4. The summed E-state index contributed by atoms with van der Waals surface area (Å²) >= 11 is 0. The van der Waals surface area contributed by atoms with Gasteiger partial charge in [-0.1, -0.05) is 12.1 Å². The molecule has 2 heterocycles. The van der Waals surface area contributed by atoms with Crippen molar-refractivity contribution in [3.05, 3.63) is 29.8 Å². The number of hydrogen-bond acceptors (Lipinski definition) is 5. The number of methoxy groups -OCH3 is 1. The van der Waals surface area contributed by atoms with Crippen LogP contribution in [0.2, 0.25) is 0 Å². The Hall–Kier alpha value is -2.32. The minimum absolute atomic E-state index is 0. The van der Waals surface area contributed by atoms with Crippen LogP contribution in [0.15, 0.2) is 24.3 Å². The van der Waals surface area contributed by atoms with Gasteiger partial charge in [-0.2, -0.15) is 0 Å². The third kappa shape index (κ3) is 4.17. The SMILES string of the molecule is COc1ccc(C2(C)NC(=O)N(CC(=O)N3CCCNCC3)C2=O)cc1.Cl. The number of carbonyl (C=O) groups is 3. The van der Waals surface area contributed by atoms with Crippen molar-refractivity contribution in [2.24, 2.45) is 0 Å². The fourth-order valence-electron chi connectivity index (χ4n) is 3.29. The third-order valence-corrected chi connectivity index (χ3v) is 4.93. The van der Waals surface area contributed by atoms with Crippen LogP contribution in [0.1, 0.15) is 18.9 Å². The first kappa shape index (κ1) is 21.0. The molecular weight excluding hydrogens is 372 g/mol. The quantitative estimate of drug-likeness (QED) is 0.731. The van der Waals surface area contributed by atoms with Crippen molar-refractivity contribution in [2.45, 2.75) is 18.9 Å². The lowest BCUT2D eigenvalue weighted by Gasteiger charge is -2.24. The molecule has 2 saturated heterocycles. The van der Waals surface area contributed by atoms with Crippen LogP contribution in [0.5, 0.6) is 5.75 Å². The van der Waals surface area contributed by atoms with Gasteiger partial charge in [-0.25, -0.2) is 4.79 Å². The van der Waals surface area contributed by atoms with E-state index >= 15 is 0 Å². The Morgan fingerprint density at radius 3 is 2.56 bits per heavy atom. The topological polar surface area (TPSA) is 91.0 Å². The molecule has 0 aromatic heterocycles. The summed E-state index contributed by atoms with van der Waals surface area (Å²) in [5.74, 6) is 0.0288. The number of hydrogen-bond donors (Lipinski definition) is 2. The molecule has 2 N–H and O–H groups in total. The number of benzene rings is 1. The maximum absolute atomic E-state index is 12.9. The summed E-state index contributed by atoms with van der Waals surface area (Å²) < 4.78 is 5.13. The monoisotopic (exact) mass is 396 g/mol. The van der Waals surface area contributed by atoms with Gasteiger partial charge < -0.3 is 20.3 Å². The van der Waals surface area contributed by atoms with Gasteiger partial charge in [0.25, 0.3) is 5.91 Å². The van der Waals surface area contributed by atoms with Gasteiger partial charge in [-0.3, -0.25) is 14.5 Å². The summed E-state index contributed by atoms with van der Waals surface area (Å²) in [4.78, 5) is 40.5. The van der Waals surface area contributed by atoms with E-state index in [2.05, 4.69) is 10.6 Å². The van der Waals surface area contributed by atoms with Crippen LogP contribution in [0.25, 0.3) is 0 Å². The van der Waals surface area contributed by atoms with Crippen LogP contribution in [-0.2, 0) is 15.1 Å². The lowest BCUT2D eigenvalue weighted by atomic mass is 9.92. The Morgan fingerprint density at radius 2 is 1.89 bits per heavy atom. The van der Waals surface area contributed by atoms with E-state index in [1.165, 1.54) is 0 Å². The molecule has 0 bridgehead atoms. The number of imide groups is 1. The molecule has 1 aromatic rings. The fourth-order valence-corrected chi connectivity index (χ4v) is 3.29. The van der Waals surface area contributed by atoms with Crippen molar-refractivity contribution in [3.63, 3.8) is 0 Å². The number of nitrogens with one attached hydrogen (secondary N) is 2. The van der Waals surface area contributed by atoms with E-state index in [1.54, 1.807) is 43.2 Å². The molecule has 0 spiro atoms. The predicted molar refractivity (Wildman–Crippen MR) is 102 cm³/mol. The van der Waals surface area contributed by atoms with Crippen molar-refractivity contribution in [1.29, 1.82) is 0 Å². The number of rotatable bonds is 4. The molecule has 2 fully saturated rings. The number of halogens is 1. The highest BCUT2D eigenvalue weighted by Gasteiger charge is 2.49. The van der Waals surface area contributed by atoms with E-state index in [9.17, 15) is 14.4 Å². The van der Waals surface area contributed by atoms with E-state index in [1.807, 2.05) is 0 Å². The molecular formula is C18H25ClN4O4. The summed E-state index contributed by atoms with van der Waals surface area (Å²) in [5.41, 5.74) is -0.546. The van der Waals surface area contributed by atoms with E-state index in [0.29, 0.717) is 24.4 Å². The predicted octanol–water partition coefficient (Wildman–Crippen LogP) is 0.706. The normalized spacial score (nSPS) is 22.7. The largest absolute Gasteiger partial charge is 0.497 e. The van der Waals surface area contributed by atoms with Crippen LogP contribution in [0.3, 0.4) is 0 Å². The zero-order valence-corrected chi connectivity index (χ0v) is 16.3. The van der Waals surface area contributed by atoms with Crippen LogP contribution >= 0.6 is 12.4 Å². The zero-order valence-electron chi connectivity index (χ0n) is 15.5. The Bertz CT molecular complexity index is 704. The van der Waals surface area contributed by atoms with Gasteiger partial charge >= 0.3 is 6.03 Å². The summed E-state index contributed by atoms with van der Waals surface area (Å²) in [6, 6.07) is 6.40. The van der Waals surface area contributed by atoms with Gasteiger partial charge in [0.15, 0.2) is 0 Å². The lowest BCUT2D eigenvalue weighted by Crippen LogP contribution is -2.45. The van der Waals surface area contributed by atoms with E-state index in [4.69, 9.17) is 4.74 Å². The average Bonchev–Trinajstić information content (AvgIpc) is 2.86. The summed E-state index contributed by atoms with van der Waals surface area (Å²) in [5, 5.41) is 5.94. The van der Waals surface area contributed by atoms with Crippen molar-refractivity contribution in [3.8, 4) is 5.75 Å². The first-order valence-corrected chi connectivity index (χ1v) is 8.73. The zero-order chi connectivity index (χ0) is 18.7. The maximum Gasteiger partial charge on any atom is 0.325 e. The van der Waals surface area contributed by atoms with Crippen LogP contribution < -0.4 is 15.4 Å². The molecule has 1 atom stereocenters. The molecule has 2 aliphatic rings. The van der Waals surface area contributed by atoms with Crippen molar-refractivity contribution < 1.29 is 19.1 Å². The van der Waals surface area contributed by atoms with Gasteiger partial charge in [-0.15, -0.1) is 12.4 Å². The van der Waals surface area contributed by atoms with Gasteiger partial charge in [0, 0.05) is 19.6 Å². The van der Waals surface area contributed by atoms with Gasteiger partial charge in [0.05, 0.1) is 7.11 Å². The molecule has 1 aromatic carbocycles. The number of carbonyl (C=O) groups excluding carboxylic acids is 3. The summed E-state index contributed by atoms with van der Waals surface area (Å²) in [6.07, 6.45) is 0.857. The second-order valence-corrected chi connectivity index (χ2v) is 6.66. The van der Waals surface area contributed by atoms with E-state index < -0.39 is 17.5 Å². The Labute approximate surface area is 164 Å². The number of nitrogens with zero attached hydrogens (tertiary/aromatic N) is 2. The van der Waals surface area contributed by atoms with Gasteiger partial charge in [0.1, 0.15) is 17.8 Å². The van der Waals surface area contributed by atoms with Crippen molar-refractivity contribution in [2.75, 3.05) is 39.8 Å². The second kappa shape index (κ2) is 8.58. The molecule has 148 valence electrons. The molecule has 0 radical (unpaired) electrons. The lowest BCUT2D eigenvalue weighted by molar-refractivity contribution is -0.138. The number of ether oxygens (including phenoxy) is 1. The molecule has 0 saturated carbocycles. The van der Waals surface area contributed by atoms with E-state index in [0.717, 1.165) is 24.4 Å². The Morgan fingerprint density at radius 1 is 1.19 bits per heavy atom. The minimum atomic E-state index is -1.19. The fraction of sp³-hybridized carbons (Fsp3) is 0.500. The highest BCUT2D eigenvalue weighted by atomic mass is 35.5. The van der Waals surface area contributed by atoms with Crippen LogP contribution in [0, 0.1) is 0 Å². The molecule has 3 rings (SSSR count). The average molecular weight is 397 g/mol. The molecule has 4 amide bonds. The minimum Gasteiger partial charge on any atom is -0.497 e. The molecule has 27 heavy (non-hydrogen) atoms. The standard InChI is InChI=1S/C18H24N4O4.ClH/c1-18(13-4-6-14(26-2)7-5-13)16(24)22(17(25)20-18)12-15(23)21-10-3-8-19-9-11-21;/h4-7,19H,3,8-12H2,1-2H3,(H,20,25);1H. The summed E-state index contributed by atoms with van der Waals surface area (Å²) in [6.45, 7) is 4.20. The Balaban J connectivity index is 0.00000261. The first-order chi connectivity index (χ1) is 12.5. The first-order valence-electron chi connectivity index (χ1n) is 8.73. The molecule has 2 aliphatic heterocycles. The smallest absolute Gasteiger partial charge is 0.325 e. The molecule has 0 aliphatic carbocycles. The van der Waals surface area contributed by atoms with Crippen LogP contribution in [-0.4, -0.2) is 67.5 Å². The summed E-state index contributed by atoms with van der Waals surface area (Å²) in [7, 11) is 1.56. The highest BCUT2D eigenvalue weighted by Crippen LogP contribution is 2.30. The molecule has 9 heteroatoms. The second-order valence-electron chi connectivity index (χ2n) is 6.66. The van der Waals surface area contributed by atoms with Crippen LogP contribution in [0.4, 0.5) is 4.79 Å².